The van der Waals surface area contributed by atoms with Gasteiger partial charge in [0.25, 0.3) is 5.91 Å². The number of rotatable bonds is 9. The number of hydrogen-bond acceptors (Lipinski definition) is 6. The fourth-order valence-electron chi connectivity index (χ4n) is 4.54. The molecular formula is C25H31N3O5. The molecule has 33 heavy (non-hydrogen) atoms. The number of methoxy groups -OCH3 is 2. The number of amides is 2. The Kier molecular flexibility index (Phi) is 7.44. The number of ether oxygens (including phenoxy) is 2. The van der Waals surface area contributed by atoms with Crippen LogP contribution in [0.4, 0.5) is 0 Å². The molecule has 8 heteroatoms. The van der Waals surface area contributed by atoms with Crippen molar-refractivity contribution in [2.75, 3.05) is 33.9 Å². The molecule has 0 saturated heterocycles. The van der Waals surface area contributed by atoms with Gasteiger partial charge in [-0.05, 0) is 54.8 Å². The molecule has 0 bridgehead atoms. The van der Waals surface area contributed by atoms with Gasteiger partial charge in [-0.3, -0.25) is 9.59 Å². The van der Waals surface area contributed by atoms with Gasteiger partial charge in [0, 0.05) is 26.0 Å². The number of carbonyl (C=O) groups is 2. The van der Waals surface area contributed by atoms with Crippen molar-refractivity contribution in [3.63, 3.8) is 0 Å². The Morgan fingerprint density at radius 1 is 1.15 bits per heavy atom. The molecule has 0 N–H and O–H groups in total. The van der Waals surface area contributed by atoms with Crippen LogP contribution >= 0.6 is 0 Å². The van der Waals surface area contributed by atoms with Gasteiger partial charge >= 0.3 is 0 Å². The maximum Gasteiger partial charge on any atom is 0.262 e. The first kappa shape index (κ1) is 23.0. The Bertz CT molecular complexity index is 964. The van der Waals surface area contributed by atoms with Crippen molar-refractivity contribution in [3.8, 4) is 5.75 Å². The van der Waals surface area contributed by atoms with E-state index in [1.807, 2.05) is 30.3 Å². The van der Waals surface area contributed by atoms with E-state index in [0.29, 0.717) is 25.3 Å². The van der Waals surface area contributed by atoms with Gasteiger partial charge in [-0.1, -0.05) is 12.8 Å². The van der Waals surface area contributed by atoms with Gasteiger partial charge in [0.1, 0.15) is 24.1 Å². The van der Waals surface area contributed by atoms with Crippen molar-refractivity contribution in [2.45, 2.75) is 38.1 Å². The standard InChI is InChI=1S/C25H31N3O5/c1-31-15-13-27(25(30)19-6-3-4-7-19)17-24(29)28-22(23-8-5-14-33-23)16-21(26-28)18-9-11-20(32-2)12-10-18/h5,8-12,14,19,22H,3-4,6-7,13,15-17H2,1-2H3. The minimum Gasteiger partial charge on any atom is -0.497 e. The van der Waals surface area contributed by atoms with Crippen molar-refractivity contribution in [3.05, 3.63) is 54.0 Å². The van der Waals surface area contributed by atoms with Gasteiger partial charge in [-0.25, -0.2) is 5.01 Å². The van der Waals surface area contributed by atoms with Gasteiger partial charge in [0.15, 0.2) is 0 Å². The van der Waals surface area contributed by atoms with E-state index in [0.717, 1.165) is 42.7 Å². The Morgan fingerprint density at radius 2 is 1.91 bits per heavy atom. The van der Waals surface area contributed by atoms with E-state index in [4.69, 9.17) is 13.9 Å². The molecule has 1 atom stereocenters. The fourth-order valence-corrected chi connectivity index (χ4v) is 4.54. The summed E-state index contributed by atoms with van der Waals surface area (Å²) in [6.07, 6.45) is 6.01. The number of hydrogen-bond donors (Lipinski definition) is 0. The first-order valence-electron chi connectivity index (χ1n) is 11.5. The zero-order chi connectivity index (χ0) is 23.2. The van der Waals surface area contributed by atoms with Crippen LogP contribution in [0.3, 0.4) is 0 Å². The van der Waals surface area contributed by atoms with Gasteiger partial charge in [-0.15, -0.1) is 0 Å². The lowest BCUT2D eigenvalue weighted by Gasteiger charge is -2.27. The highest BCUT2D eigenvalue weighted by molar-refractivity contribution is 6.03. The van der Waals surface area contributed by atoms with Gasteiger partial charge in [-0.2, -0.15) is 5.10 Å². The van der Waals surface area contributed by atoms with Crippen LogP contribution in [0.15, 0.2) is 52.2 Å². The van der Waals surface area contributed by atoms with E-state index in [9.17, 15) is 9.59 Å². The second-order valence-corrected chi connectivity index (χ2v) is 8.48. The second kappa shape index (κ2) is 10.7. The molecular weight excluding hydrogens is 422 g/mol. The molecule has 0 radical (unpaired) electrons. The molecule has 1 aliphatic heterocycles. The second-order valence-electron chi connectivity index (χ2n) is 8.48. The van der Waals surface area contributed by atoms with Crippen LogP contribution in [0.1, 0.15) is 49.5 Å². The summed E-state index contributed by atoms with van der Waals surface area (Å²) < 4.78 is 16.1. The van der Waals surface area contributed by atoms with Crippen LogP contribution in [0.5, 0.6) is 5.75 Å². The SMILES string of the molecule is COCCN(CC(=O)N1N=C(c2ccc(OC)cc2)CC1c1ccco1)C(=O)C1CCCC1. The smallest absolute Gasteiger partial charge is 0.262 e. The summed E-state index contributed by atoms with van der Waals surface area (Å²) in [6.45, 7) is 0.731. The molecule has 176 valence electrons. The first-order valence-corrected chi connectivity index (χ1v) is 11.5. The average Bonchev–Trinajstić information content (AvgIpc) is 3.62. The number of hydrazone groups is 1. The molecule has 1 fully saturated rings. The minimum atomic E-state index is -0.351. The first-order chi connectivity index (χ1) is 16.1. The summed E-state index contributed by atoms with van der Waals surface area (Å²) in [7, 11) is 3.22. The van der Waals surface area contributed by atoms with E-state index in [1.54, 1.807) is 31.4 Å². The number of benzene rings is 1. The lowest BCUT2D eigenvalue weighted by atomic mass is 10.0. The third-order valence-electron chi connectivity index (χ3n) is 6.37. The van der Waals surface area contributed by atoms with Crippen LogP contribution in [0.2, 0.25) is 0 Å². The molecule has 1 aromatic heterocycles. The summed E-state index contributed by atoms with van der Waals surface area (Å²) >= 11 is 0. The summed E-state index contributed by atoms with van der Waals surface area (Å²) in [5, 5.41) is 6.14. The van der Waals surface area contributed by atoms with Crippen molar-refractivity contribution in [2.24, 2.45) is 11.0 Å². The zero-order valence-electron chi connectivity index (χ0n) is 19.2. The van der Waals surface area contributed by atoms with Crippen molar-refractivity contribution >= 4 is 17.5 Å². The molecule has 1 unspecified atom stereocenters. The predicted molar refractivity (Wildman–Crippen MR) is 123 cm³/mol. The average molecular weight is 454 g/mol. The largest absolute Gasteiger partial charge is 0.497 e. The quantitative estimate of drug-likeness (QED) is 0.579. The molecule has 4 rings (SSSR count). The lowest BCUT2D eigenvalue weighted by molar-refractivity contribution is -0.144. The third-order valence-corrected chi connectivity index (χ3v) is 6.37. The summed E-state index contributed by atoms with van der Waals surface area (Å²) in [5.74, 6) is 1.22. The molecule has 2 aliphatic rings. The van der Waals surface area contributed by atoms with Gasteiger partial charge < -0.3 is 18.8 Å². The summed E-state index contributed by atoms with van der Waals surface area (Å²) in [5.41, 5.74) is 1.71. The minimum absolute atomic E-state index is 0.00698. The highest BCUT2D eigenvalue weighted by Crippen LogP contribution is 2.34. The maximum absolute atomic E-state index is 13.4. The Hall–Kier alpha value is -3.13. The summed E-state index contributed by atoms with van der Waals surface area (Å²) in [6, 6.07) is 10.9. The van der Waals surface area contributed by atoms with Crippen LogP contribution in [0, 0.1) is 5.92 Å². The fraction of sp³-hybridized carbons (Fsp3) is 0.480. The lowest BCUT2D eigenvalue weighted by Crippen LogP contribution is -2.44. The van der Waals surface area contributed by atoms with Gasteiger partial charge in [0.05, 0.1) is 25.7 Å². The normalized spacial score (nSPS) is 18.4. The molecule has 0 spiro atoms. The molecule has 2 amide bonds. The maximum atomic E-state index is 13.4. The van der Waals surface area contributed by atoms with E-state index in [1.165, 1.54) is 5.01 Å². The molecule has 2 aromatic rings. The molecule has 8 nitrogen and oxygen atoms in total. The number of furan rings is 1. The van der Waals surface area contributed by atoms with Crippen molar-refractivity contribution in [1.82, 2.24) is 9.91 Å². The number of carbonyl (C=O) groups excluding carboxylic acids is 2. The van der Waals surface area contributed by atoms with Gasteiger partial charge in [0.2, 0.25) is 5.91 Å². The van der Waals surface area contributed by atoms with Crippen LogP contribution in [-0.2, 0) is 14.3 Å². The molecule has 1 aliphatic carbocycles. The monoisotopic (exact) mass is 453 g/mol. The highest BCUT2D eigenvalue weighted by atomic mass is 16.5. The van der Waals surface area contributed by atoms with E-state index in [-0.39, 0.29) is 30.3 Å². The van der Waals surface area contributed by atoms with Crippen LogP contribution in [0.25, 0.3) is 0 Å². The highest BCUT2D eigenvalue weighted by Gasteiger charge is 2.37. The molecule has 1 aromatic carbocycles. The van der Waals surface area contributed by atoms with E-state index >= 15 is 0 Å². The third kappa shape index (κ3) is 5.27. The predicted octanol–water partition coefficient (Wildman–Crippen LogP) is 3.63. The Balaban J connectivity index is 1.55. The molecule has 1 saturated carbocycles. The Morgan fingerprint density at radius 3 is 2.55 bits per heavy atom. The van der Waals surface area contributed by atoms with E-state index < -0.39 is 0 Å². The van der Waals surface area contributed by atoms with Crippen molar-refractivity contribution < 1.29 is 23.5 Å². The van der Waals surface area contributed by atoms with Crippen molar-refractivity contribution in [1.29, 1.82) is 0 Å². The zero-order valence-corrected chi connectivity index (χ0v) is 19.2. The van der Waals surface area contributed by atoms with Crippen LogP contribution < -0.4 is 4.74 Å². The summed E-state index contributed by atoms with van der Waals surface area (Å²) in [4.78, 5) is 28.2. The molecule has 2 heterocycles. The number of nitrogens with zero attached hydrogens (tertiary/aromatic N) is 3. The van der Waals surface area contributed by atoms with E-state index in [2.05, 4.69) is 5.10 Å². The Labute approximate surface area is 194 Å². The van der Waals surface area contributed by atoms with Crippen LogP contribution in [-0.4, -0.2) is 61.4 Å². The topological polar surface area (TPSA) is 84.6 Å².